The Bertz CT molecular complexity index is 1300. The van der Waals surface area contributed by atoms with Gasteiger partial charge in [-0.1, -0.05) is 30.3 Å². The molecule has 0 bridgehead atoms. The van der Waals surface area contributed by atoms with E-state index in [-0.39, 0.29) is 11.5 Å². The summed E-state index contributed by atoms with van der Waals surface area (Å²) in [5, 5.41) is 15.9. The number of carboxylic acid groups (broad SMARTS) is 1. The molecule has 3 aromatic carbocycles. The summed E-state index contributed by atoms with van der Waals surface area (Å²) in [6.07, 6.45) is 1.53. The number of pyridine rings is 1. The number of carbonyl (C=O) groups is 2. The molecule has 1 aromatic heterocycles. The van der Waals surface area contributed by atoms with Gasteiger partial charge in [-0.3, -0.25) is 9.78 Å². The van der Waals surface area contributed by atoms with Crippen LogP contribution in [-0.4, -0.2) is 36.1 Å². The number of carbonyl (C=O) groups excluding carboxylic acids is 1. The highest BCUT2D eigenvalue weighted by Crippen LogP contribution is 2.38. The summed E-state index contributed by atoms with van der Waals surface area (Å²) < 4.78 is 5.59. The highest BCUT2D eigenvalue weighted by Gasteiger charge is 2.18. The first-order valence-corrected chi connectivity index (χ1v) is 9.90. The quantitative estimate of drug-likeness (QED) is 0.412. The standard InChI is InChI=1S/C25H21N3O4/c1-26-24(29)20-14-27-21-13-22(32-2)18(15-8-10-16(11-9-15)25(30)31)12-19(21)23(20)28-17-6-4-3-5-7-17/h3-14H,1-2H3,(H,26,29)(H,27,28)(H,30,31). The molecule has 0 atom stereocenters. The van der Waals surface area contributed by atoms with E-state index in [1.54, 1.807) is 44.5 Å². The second-order valence-electron chi connectivity index (χ2n) is 7.07. The molecule has 0 aliphatic heterocycles. The van der Waals surface area contributed by atoms with E-state index >= 15 is 0 Å². The average molecular weight is 427 g/mol. The van der Waals surface area contributed by atoms with Gasteiger partial charge >= 0.3 is 5.97 Å². The summed E-state index contributed by atoms with van der Waals surface area (Å²) >= 11 is 0. The van der Waals surface area contributed by atoms with E-state index in [9.17, 15) is 14.7 Å². The van der Waals surface area contributed by atoms with Crippen LogP contribution >= 0.6 is 0 Å². The van der Waals surface area contributed by atoms with Gasteiger partial charge < -0.3 is 20.5 Å². The predicted molar refractivity (Wildman–Crippen MR) is 124 cm³/mol. The van der Waals surface area contributed by atoms with Gasteiger partial charge in [-0.2, -0.15) is 0 Å². The summed E-state index contributed by atoms with van der Waals surface area (Å²) in [6.45, 7) is 0. The zero-order valence-electron chi connectivity index (χ0n) is 17.5. The number of hydrogen-bond donors (Lipinski definition) is 3. The van der Waals surface area contributed by atoms with Crippen LogP contribution in [0.15, 0.2) is 72.9 Å². The Balaban J connectivity index is 1.95. The molecule has 0 aliphatic rings. The monoisotopic (exact) mass is 427 g/mol. The summed E-state index contributed by atoms with van der Waals surface area (Å²) in [6, 6.07) is 19.8. The molecule has 7 nitrogen and oxygen atoms in total. The Morgan fingerprint density at radius 1 is 1.00 bits per heavy atom. The maximum Gasteiger partial charge on any atom is 0.335 e. The number of nitrogens with one attached hydrogen (secondary N) is 2. The zero-order valence-corrected chi connectivity index (χ0v) is 17.5. The first-order valence-electron chi connectivity index (χ1n) is 9.90. The highest BCUT2D eigenvalue weighted by atomic mass is 16.5. The van der Waals surface area contributed by atoms with Crippen molar-refractivity contribution >= 4 is 34.2 Å². The number of hydrogen-bond acceptors (Lipinski definition) is 5. The minimum Gasteiger partial charge on any atom is -0.496 e. The van der Waals surface area contributed by atoms with Crippen LogP contribution in [0.2, 0.25) is 0 Å². The number of amides is 1. The molecule has 4 rings (SSSR count). The van der Waals surface area contributed by atoms with Crippen molar-refractivity contribution in [1.29, 1.82) is 0 Å². The Kier molecular flexibility index (Phi) is 5.72. The van der Waals surface area contributed by atoms with Crippen molar-refractivity contribution in [2.24, 2.45) is 0 Å². The fraction of sp³-hybridized carbons (Fsp3) is 0.0800. The third-order valence-corrected chi connectivity index (χ3v) is 5.15. The second kappa shape index (κ2) is 8.77. The molecule has 0 saturated heterocycles. The third kappa shape index (κ3) is 3.96. The van der Waals surface area contributed by atoms with Crippen molar-refractivity contribution in [3.05, 3.63) is 84.1 Å². The summed E-state index contributed by atoms with van der Waals surface area (Å²) in [5.41, 5.74) is 4.23. The maximum absolute atomic E-state index is 12.6. The molecule has 0 radical (unpaired) electrons. The van der Waals surface area contributed by atoms with Gasteiger partial charge in [-0.05, 0) is 35.9 Å². The van der Waals surface area contributed by atoms with Gasteiger partial charge in [0, 0.05) is 35.9 Å². The largest absolute Gasteiger partial charge is 0.496 e. The van der Waals surface area contributed by atoms with Crippen LogP contribution < -0.4 is 15.4 Å². The third-order valence-electron chi connectivity index (χ3n) is 5.15. The van der Waals surface area contributed by atoms with Gasteiger partial charge in [0.2, 0.25) is 0 Å². The molecule has 7 heteroatoms. The van der Waals surface area contributed by atoms with E-state index in [4.69, 9.17) is 4.74 Å². The number of aromatic carboxylic acids is 1. The molecule has 1 amide bonds. The lowest BCUT2D eigenvalue weighted by atomic mass is 9.98. The van der Waals surface area contributed by atoms with Crippen LogP contribution in [0, 0.1) is 0 Å². The Morgan fingerprint density at radius 3 is 2.34 bits per heavy atom. The van der Waals surface area contributed by atoms with E-state index in [0.29, 0.717) is 22.5 Å². The number of carboxylic acids is 1. The van der Waals surface area contributed by atoms with E-state index in [2.05, 4.69) is 15.6 Å². The molecule has 0 aliphatic carbocycles. The topological polar surface area (TPSA) is 101 Å². The van der Waals surface area contributed by atoms with Crippen LogP contribution in [0.1, 0.15) is 20.7 Å². The smallest absolute Gasteiger partial charge is 0.335 e. The minimum absolute atomic E-state index is 0.198. The van der Waals surface area contributed by atoms with Crippen molar-refractivity contribution < 1.29 is 19.4 Å². The van der Waals surface area contributed by atoms with E-state index in [1.165, 1.54) is 6.20 Å². The number of benzene rings is 3. The molecule has 4 aromatic rings. The van der Waals surface area contributed by atoms with Gasteiger partial charge in [0.05, 0.1) is 29.4 Å². The number of para-hydroxylation sites is 1. The number of fused-ring (bicyclic) bond motifs is 1. The summed E-state index contributed by atoms with van der Waals surface area (Å²) in [4.78, 5) is 28.3. The fourth-order valence-electron chi connectivity index (χ4n) is 3.51. The van der Waals surface area contributed by atoms with E-state index in [0.717, 1.165) is 22.2 Å². The van der Waals surface area contributed by atoms with Crippen LogP contribution in [0.25, 0.3) is 22.0 Å². The van der Waals surface area contributed by atoms with Crippen molar-refractivity contribution in [3.8, 4) is 16.9 Å². The van der Waals surface area contributed by atoms with Gasteiger partial charge in [-0.25, -0.2) is 4.79 Å². The van der Waals surface area contributed by atoms with E-state index < -0.39 is 5.97 Å². The Hall–Kier alpha value is -4.39. The molecular weight excluding hydrogens is 406 g/mol. The van der Waals surface area contributed by atoms with Crippen LogP contribution in [-0.2, 0) is 0 Å². The number of nitrogens with zero attached hydrogens (tertiary/aromatic N) is 1. The SMILES string of the molecule is CNC(=O)c1cnc2cc(OC)c(-c3ccc(C(=O)O)cc3)cc2c1Nc1ccccc1. The molecule has 3 N–H and O–H groups in total. The van der Waals surface area contributed by atoms with Crippen molar-refractivity contribution in [2.75, 3.05) is 19.5 Å². The maximum atomic E-state index is 12.6. The van der Waals surface area contributed by atoms with Gasteiger partial charge in [0.15, 0.2) is 0 Å². The molecule has 160 valence electrons. The van der Waals surface area contributed by atoms with E-state index in [1.807, 2.05) is 36.4 Å². The van der Waals surface area contributed by atoms with Gasteiger partial charge in [0.1, 0.15) is 5.75 Å². The van der Waals surface area contributed by atoms with Crippen molar-refractivity contribution in [1.82, 2.24) is 10.3 Å². The minimum atomic E-state index is -0.990. The molecule has 1 heterocycles. The molecular formula is C25H21N3O4. The molecule has 0 saturated carbocycles. The Labute approximate surface area is 184 Å². The van der Waals surface area contributed by atoms with Gasteiger partial charge in [0.25, 0.3) is 5.91 Å². The Morgan fingerprint density at radius 2 is 1.72 bits per heavy atom. The highest BCUT2D eigenvalue weighted by molar-refractivity contribution is 6.09. The predicted octanol–water partition coefficient (Wildman–Crippen LogP) is 4.71. The number of ether oxygens (including phenoxy) is 1. The van der Waals surface area contributed by atoms with Crippen LogP contribution in [0.5, 0.6) is 5.75 Å². The zero-order chi connectivity index (χ0) is 22.7. The number of rotatable bonds is 6. The number of aromatic nitrogens is 1. The average Bonchev–Trinajstić information content (AvgIpc) is 2.83. The van der Waals surface area contributed by atoms with Gasteiger partial charge in [-0.15, -0.1) is 0 Å². The fourth-order valence-corrected chi connectivity index (χ4v) is 3.51. The molecule has 32 heavy (non-hydrogen) atoms. The molecule has 0 fully saturated rings. The second-order valence-corrected chi connectivity index (χ2v) is 7.07. The lowest BCUT2D eigenvalue weighted by Gasteiger charge is -2.17. The van der Waals surface area contributed by atoms with Crippen LogP contribution in [0.3, 0.4) is 0 Å². The first-order chi connectivity index (χ1) is 15.5. The molecule has 0 unspecified atom stereocenters. The normalized spacial score (nSPS) is 10.6. The lowest BCUT2D eigenvalue weighted by molar-refractivity contribution is 0.0696. The van der Waals surface area contributed by atoms with Crippen LogP contribution in [0.4, 0.5) is 11.4 Å². The summed E-state index contributed by atoms with van der Waals surface area (Å²) in [7, 11) is 3.14. The number of anilines is 2. The molecule has 0 spiro atoms. The lowest BCUT2D eigenvalue weighted by Crippen LogP contribution is -2.19. The van der Waals surface area contributed by atoms with Crippen molar-refractivity contribution in [3.63, 3.8) is 0 Å². The summed E-state index contributed by atoms with van der Waals surface area (Å²) in [5.74, 6) is -0.664. The first kappa shape index (κ1) is 20.9. The number of methoxy groups -OCH3 is 1. The van der Waals surface area contributed by atoms with Crippen molar-refractivity contribution in [2.45, 2.75) is 0 Å².